The van der Waals surface area contributed by atoms with Gasteiger partial charge < -0.3 is 15.5 Å². The molecule has 1 fully saturated rings. The summed E-state index contributed by atoms with van der Waals surface area (Å²) in [5.74, 6) is -2.15. The first-order chi connectivity index (χ1) is 15.4. The van der Waals surface area contributed by atoms with Crippen molar-refractivity contribution in [3.63, 3.8) is 0 Å². The van der Waals surface area contributed by atoms with Gasteiger partial charge in [-0.1, -0.05) is 13.8 Å². The van der Waals surface area contributed by atoms with Gasteiger partial charge >= 0.3 is 0 Å². The molecule has 3 heterocycles. The zero-order chi connectivity index (χ0) is 24.3. The number of carbonyl (C=O) groups excluding carboxylic acids is 2. The molecule has 178 valence electrons. The predicted molar refractivity (Wildman–Crippen MR) is 124 cm³/mol. The highest BCUT2D eigenvalue weighted by atomic mass is 19.3. The number of amides is 2. The summed E-state index contributed by atoms with van der Waals surface area (Å²) >= 11 is 0. The average molecular weight is 460 g/mol. The minimum absolute atomic E-state index is 0.130. The highest BCUT2D eigenvalue weighted by Crippen LogP contribution is 2.31. The fourth-order valence-electron chi connectivity index (χ4n) is 3.71. The smallest absolute Gasteiger partial charge is 0.253 e. The average Bonchev–Trinajstić information content (AvgIpc) is 2.73. The molecule has 33 heavy (non-hydrogen) atoms. The van der Waals surface area contributed by atoms with E-state index < -0.39 is 5.92 Å². The summed E-state index contributed by atoms with van der Waals surface area (Å²) in [6, 6.07) is 4.99. The van der Waals surface area contributed by atoms with Gasteiger partial charge in [-0.05, 0) is 50.1 Å². The lowest BCUT2D eigenvalue weighted by atomic mass is 10.1. The first kappa shape index (κ1) is 24.5. The van der Waals surface area contributed by atoms with E-state index in [0.29, 0.717) is 17.2 Å². The quantitative estimate of drug-likeness (QED) is 0.668. The van der Waals surface area contributed by atoms with Crippen LogP contribution >= 0.6 is 0 Å². The van der Waals surface area contributed by atoms with Gasteiger partial charge in [-0.2, -0.15) is 0 Å². The summed E-state index contributed by atoms with van der Waals surface area (Å²) in [4.78, 5) is 35.4. The lowest BCUT2D eigenvalue weighted by molar-refractivity contribution is -0.118. The number of hydrogen-bond acceptors (Lipinski definition) is 5. The van der Waals surface area contributed by atoms with E-state index in [2.05, 4.69) is 20.6 Å². The summed E-state index contributed by atoms with van der Waals surface area (Å²) in [6.07, 6.45) is 1.08. The van der Waals surface area contributed by atoms with Crippen LogP contribution in [-0.4, -0.2) is 40.8 Å². The van der Waals surface area contributed by atoms with Crippen LogP contribution in [0.1, 0.15) is 66.8 Å². The van der Waals surface area contributed by atoms with Crippen molar-refractivity contribution in [2.75, 3.05) is 23.3 Å². The molecule has 1 aliphatic heterocycles. The predicted octanol–water partition coefficient (Wildman–Crippen LogP) is 4.41. The standard InChI is InChI=1S/C24H31F2N5O2/c1-14(2)22(32)30-20-12-18(11-16(4)28-20)17(5)29-23(33)19-10-15(3)21(27-13-19)31-8-6-24(25,26)7-9-31/h10-14,17H,6-9H2,1-5H3,(H,29,33)(H,28,30,32). The van der Waals surface area contributed by atoms with Crippen LogP contribution in [0.15, 0.2) is 24.4 Å². The van der Waals surface area contributed by atoms with Crippen molar-refractivity contribution >= 4 is 23.5 Å². The summed E-state index contributed by atoms with van der Waals surface area (Å²) in [5.41, 5.74) is 2.69. The van der Waals surface area contributed by atoms with Crippen LogP contribution < -0.4 is 15.5 Å². The zero-order valence-electron chi connectivity index (χ0n) is 19.7. The normalized spacial score (nSPS) is 16.4. The van der Waals surface area contributed by atoms with Crippen molar-refractivity contribution in [3.05, 3.63) is 46.8 Å². The third-order valence-electron chi connectivity index (χ3n) is 5.71. The van der Waals surface area contributed by atoms with Crippen molar-refractivity contribution in [1.82, 2.24) is 15.3 Å². The molecule has 0 radical (unpaired) electrons. The third-order valence-corrected chi connectivity index (χ3v) is 5.71. The molecule has 0 aromatic carbocycles. The van der Waals surface area contributed by atoms with E-state index in [1.807, 2.05) is 31.7 Å². The Bertz CT molecular complexity index is 1030. The van der Waals surface area contributed by atoms with Crippen LogP contribution in [0.2, 0.25) is 0 Å². The number of halogens is 2. The second kappa shape index (κ2) is 9.80. The molecular formula is C24H31F2N5O2. The van der Waals surface area contributed by atoms with E-state index in [1.54, 1.807) is 26.0 Å². The molecule has 2 N–H and O–H groups in total. The fraction of sp³-hybridized carbons (Fsp3) is 0.500. The summed E-state index contributed by atoms with van der Waals surface area (Å²) in [6.45, 7) is 9.58. The van der Waals surface area contributed by atoms with Crippen molar-refractivity contribution < 1.29 is 18.4 Å². The molecule has 2 aromatic heterocycles. The Hall–Kier alpha value is -3.10. The number of alkyl halides is 2. The van der Waals surface area contributed by atoms with Crippen molar-refractivity contribution in [3.8, 4) is 0 Å². The van der Waals surface area contributed by atoms with E-state index in [4.69, 9.17) is 0 Å². The molecule has 0 bridgehead atoms. The maximum atomic E-state index is 13.4. The van der Waals surface area contributed by atoms with Crippen molar-refractivity contribution in [1.29, 1.82) is 0 Å². The molecule has 1 aliphatic rings. The number of piperidine rings is 1. The number of aromatic nitrogens is 2. The van der Waals surface area contributed by atoms with E-state index in [0.717, 1.165) is 16.8 Å². The topological polar surface area (TPSA) is 87.2 Å². The monoisotopic (exact) mass is 459 g/mol. The Labute approximate surface area is 193 Å². The number of rotatable bonds is 6. The van der Waals surface area contributed by atoms with Crippen molar-refractivity contribution in [2.24, 2.45) is 5.92 Å². The van der Waals surface area contributed by atoms with Gasteiger partial charge in [0.05, 0.1) is 11.6 Å². The molecule has 9 heteroatoms. The molecular weight excluding hydrogens is 428 g/mol. The van der Waals surface area contributed by atoms with Crippen LogP contribution in [0.3, 0.4) is 0 Å². The van der Waals surface area contributed by atoms with Crippen LogP contribution in [0.25, 0.3) is 0 Å². The van der Waals surface area contributed by atoms with E-state index in [1.165, 1.54) is 6.20 Å². The summed E-state index contributed by atoms with van der Waals surface area (Å²) in [5, 5.41) is 5.74. The molecule has 1 unspecified atom stereocenters. The van der Waals surface area contributed by atoms with Gasteiger partial charge in [0.1, 0.15) is 11.6 Å². The van der Waals surface area contributed by atoms with E-state index in [9.17, 15) is 18.4 Å². The number of pyridine rings is 2. The van der Waals surface area contributed by atoms with Crippen LogP contribution in [0, 0.1) is 19.8 Å². The van der Waals surface area contributed by atoms with Gasteiger partial charge in [0.15, 0.2) is 0 Å². The Balaban J connectivity index is 1.69. The number of carbonyl (C=O) groups is 2. The molecule has 1 atom stereocenters. The van der Waals surface area contributed by atoms with Gasteiger partial charge in [0.2, 0.25) is 5.91 Å². The minimum Gasteiger partial charge on any atom is -0.356 e. The van der Waals surface area contributed by atoms with Gasteiger partial charge in [-0.15, -0.1) is 0 Å². The zero-order valence-corrected chi connectivity index (χ0v) is 19.7. The number of hydrogen-bond donors (Lipinski definition) is 2. The Morgan fingerprint density at radius 3 is 2.36 bits per heavy atom. The number of nitrogens with zero attached hydrogens (tertiary/aromatic N) is 3. The minimum atomic E-state index is -2.62. The molecule has 0 spiro atoms. The number of anilines is 2. The SMILES string of the molecule is Cc1cc(C(C)NC(=O)c2cnc(N3CCC(F)(F)CC3)c(C)c2)cc(NC(=O)C(C)C)n1. The maximum absolute atomic E-state index is 13.4. The first-order valence-corrected chi connectivity index (χ1v) is 11.1. The van der Waals surface area contributed by atoms with Gasteiger partial charge in [-0.3, -0.25) is 9.59 Å². The highest BCUT2D eigenvalue weighted by molar-refractivity contribution is 5.94. The molecule has 2 amide bonds. The van der Waals surface area contributed by atoms with Crippen LogP contribution in [-0.2, 0) is 4.79 Å². The van der Waals surface area contributed by atoms with Gasteiger partial charge in [-0.25, -0.2) is 18.7 Å². The summed E-state index contributed by atoms with van der Waals surface area (Å²) in [7, 11) is 0. The molecule has 0 saturated carbocycles. The highest BCUT2D eigenvalue weighted by Gasteiger charge is 2.34. The van der Waals surface area contributed by atoms with E-state index >= 15 is 0 Å². The maximum Gasteiger partial charge on any atom is 0.253 e. The van der Waals surface area contributed by atoms with Gasteiger partial charge in [0, 0.05) is 43.7 Å². The number of aryl methyl sites for hydroxylation is 2. The van der Waals surface area contributed by atoms with E-state index in [-0.39, 0.29) is 49.7 Å². The molecule has 7 nitrogen and oxygen atoms in total. The third kappa shape index (κ3) is 6.24. The molecule has 0 aliphatic carbocycles. The Morgan fingerprint density at radius 1 is 1.09 bits per heavy atom. The first-order valence-electron chi connectivity index (χ1n) is 11.1. The van der Waals surface area contributed by atoms with Crippen LogP contribution in [0.4, 0.5) is 20.4 Å². The summed E-state index contributed by atoms with van der Waals surface area (Å²) < 4.78 is 26.9. The largest absolute Gasteiger partial charge is 0.356 e. The van der Waals surface area contributed by atoms with Gasteiger partial charge in [0.25, 0.3) is 11.8 Å². The lowest BCUT2D eigenvalue weighted by Crippen LogP contribution is -2.40. The number of nitrogens with one attached hydrogen (secondary N) is 2. The van der Waals surface area contributed by atoms with Crippen molar-refractivity contribution in [2.45, 2.75) is 59.4 Å². The van der Waals surface area contributed by atoms with Crippen LogP contribution in [0.5, 0.6) is 0 Å². The molecule has 2 aromatic rings. The second-order valence-electron chi connectivity index (χ2n) is 8.97. The fourth-order valence-corrected chi connectivity index (χ4v) is 3.71. The Kier molecular flexibility index (Phi) is 7.29. The molecule has 3 rings (SSSR count). The molecule has 1 saturated heterocycles. The second-order valence-corrected chi connectivity index (χ2v) is 8.97. The Morgan fingerprint density at radius 2 is 1.76 bits per heavy atom. The lowest BCUT2D eigenvalue weighted by Gasteiger charge is -2.33.